The molecule has 0 atom stereocenters. The summed E-state index contributed by atoms with van der Waals surface area (Å²) in [5, 5.41) is 0. The van der Waals surface area contributed by atoms with Crippen molar-refractivity contribution in [2.24, 2.45) is 5.41 Å². The topological polar surface area (TPSA) is 26.3 Å². The maximum Gasteiger partial charge on any atom is 0.169 e. The fourth-order valence-corrected chi connectivity index (χ4v) is 2.69. The Morgan fingerprint density at radius 3 is 2.60 bits per heavy atom. The molecular weight excluding hydrogens is 248 g/mol. The average Bonchev–Trinajstić information content (AvgIpc) is 2.67. The summed E-state index contributed by atoms with van der Waals surface area (Å²) in [6.07, 6.45) is 0.795. The molecule has 0 heterocycles. The summed E-state index contributed by atoms with van der Waals surface area (Å²) in [6.45, 7) is 4.55. The zero-order valence-electron chi connectivity index (χ0n) is 11.8. The SMILES string of the molecule is CC1(C)Cc2cc(OCc3ccccc3)ccc2C1=O. The van der Waals surface area contributed by atoms with Crippen LogP contribution in [-0.2, 0) is 13.0 Å². The highest BCUT2D eigenvalue weighted by Crippen LogP contribution is 2.37. The molecule has 0 radical (unpaired) electrons. The molecule has 0 saturated carbocycles. The van der Waals surface area contributed by atoms with Crippen molar-refractivity contribution in [2.75, 3.05) is 0 Å². The summed E-state index contributed by atoms with van der Waals surface area (Å²) in [7, 11) is 0. The lowest BCUT2D eigenvalue weighted by Gasteiger charge is -2.12. The Kier molecular flexibility index (Phi) is 3.09. The van der Waals surface area contributed by atoms with Gasteiger partial charge in [-0.3, -0.25) is 4.79 Å². The van der Waals surface area contributed by atoms with Crippen LogP contribution in [0.25, 0.3) is 0 Å². The van der Waals surface area contributed by atoms with E-state index in [0.29, 0.717) is 6.61 Å². The summed E-state index contributed by atoms with van der Waals surface area (Å²) < 4.78 is 5.81. The summed E-state index contributed by atoms with van der Waals surface area (Å²) in [6, 6.07) is 15.9. The van der Waals surface area contributed by atoms with Crippen LogP contribution in [-0.4, -0.2) is 5.78 Å². The molecule has 20 heavy (non-hydrogen) atoms. The quantitative estimate of drug-likeness (QED) is 0.838. The number of carbonyl (C=O) groups excluding carboxylic acids is 1. The van der Waals surface area contributed by atoms with Gasteiger partial charge < -0.3 is 4.74 Å². The summed E-state index contributed by atoms with van der Waals surface area (Å²) in [4.78, 5) is 12.2. The minimum absolute atomic E-state index is 0.238. The summed E-state index contributed by atoms with van der Waals surface area (Å²) in [5.41, 5.74) is 2.82. The van der Waals surface area contributed by atoms with Gasteiger partial charge in [-0.25, -0.2) is 0 Å². The third-order valence-electron chi connectivity index (χ3n) is 3.82. The van der Waals surface area contributed by atoms with Gasteiger partial charge in [0.15, 0.2) is 5.78 Å². The van der Waals surface area contributed by atoms with E-state index in [1.165, 1.54) is 0 Å². The Morgan fingerprint density at radius 1 is 1.10 bits per heavy atom. The summed E-state index contributed by atoms with van der Waals surface area (Å²) >= 11 is 0. The Balaban J connectivity index is 1.76. The first-order valence-electron chi connectivity index (χ1n) is 6.91. The molecule has 0 N–H and O–H groups in total. The fraction of sp³-hybridized carbons (Fsp3) is 0.278. The maximum atomic E-state index is 12.2. The van der Waals surface area contributed by atoms with E-state index >= 15 is 0 Å². The first-order chi connectivity index (χ1) is 9.56. The molecule has 2 nitrogen and oxygen atoms in total. The second-order valence-electron chi connectivity index (χ2n) is 5.98. The predicted molar refractivity (Wildman–Crippen MR) is 79.0 cm³/mol. The number of carbonyl (C=O) groups is 1. The Hall–Kier alpha value is -2.09. The van der Waals surface area contributed by atoms with Gasteiger partial charge in [0.05, 0.1) is 0 Å². The lowest BCUT2D eigenvalue weighted by Crippen LogP contribution is -2.18. The maximum absolute atomic E-state index is 12.2. The van der Waals surface area contributed by atoms with Crippen LogP contribution in [0.4, 0.5) is 0 Å². The van der Waals surface area contributed by atoms with Gasteiger partial charge >= 0.3 is 0 Å². The smallest absolute Gasteiger partial charge is 0.169 e. The number of ketones is 1. The molecule has 2 aromatic rings. The highest BCUT2D eigenvalue weighted by molar-refractivity contribution is 6.04. The number of benzene rings is 2. The van der Waals surface area contributed by atoms with E-state index in [1.54, 1.807) is 0 Å². The lowest BCUT2D eigenvalue weighted by molar-refractivity contribution is 0.0863. The Bertz CT molecular complexity index is 642. The van der Waals surface area contributed by atoms with Crippen LogP contribution in [0.15, 0.2) is 48.5 Å². The molecule has 0 aromatic heterocycles. The van der Waals surface area contributed by atoms with Crippen LogP contribution in [0.1, 0.15) is 35.3 Å². The molecule has 0 bridgehead atoms. The largest absolute Gasteiger partial charge is 0.489 e. The molecule has 1 aliphatic carbocycles. The van der Waals surface area contributed by atoms with Gasteiger partial charge in [0.25, 0.3) is 0 Å². The van der Waals surface area contributed by atoms with Crippen molar-refractivity contribution in [1.82, 2.24) is 0 Å². The van der Waals surface area contributed by atoms with Gasteiger partial charge in [-0.2, -0.15) is 0 Å². The molecule has 0 fully saturated rings. The standard InChI is InChI=1S/C18H18O2/c1-18(2)11-14-10-15(8-9-16(14)17(18)19)20-12-13-6-4-3-5-7-13/h3-10H,11-12H2,1-2H3. The number of rotatable bonds is 3. The van der Waals surface area contributed by atoms with Crippen LogP contribution < -0.4 is 4.74 Å². The van der Waals surface area contributed by atoms with Gasteiger partial charge in [0.1, 0.15) is 12.4 Å². The lowest BCUT2D eigenvalue weighted by atomic mass is 9.89. The van der Waals surface area contributed by atoms with Gasteiger partial charge in [0.2, 0.25) is 0 Å². The fourth-order valence-electron chi connectivity index (χ4n) is 2.69. The third kappa shape index (κ3) is 2.34. The second kappa shape index (κ2) is 4.78. The average molecular weight is 266 g/mol. The van der Waals surface area contributed by atoms with Crippen LogP contribution in [0.5, 0.6) is 5.75 Å². The third-order valence-corrected chi connectivity index (χ3v) is 3.82. The van der Waals surface area contributed by atoms with Crippen molar-refractivity contribution >= 4 is 5.78 Å². The molecule has 102 valence electrons. The second-order valence-corrected chi connectivity index (χ2v) is 5.98. The minimum atomic E-state index is -0.277. The molecule has 1 aliphatic rings. The van der Waals surface area contributed by atoms with Crippen LogP contribution in [0.3, 0.4) is 0 Å². The molecule has 0 spiro atoms. The van der Waals surface area contributed by atoms with Crippen LogP contribution in [0.2, 0.25) is 0 Å². The van der Waals surface area contributed by atoms with E-state index in [9.17, 15) is 4.79 Å². The number of hydrogen-bond acceptors (Lipinski definition) is 2. The van der Waals surface area contributed by atoms with Crippen LogP contribution >= 0.6 is 0 Å². The van der Waals surface area contributed by atoms with E-state index in [-0.39, 0.29) is 11.2 Å². The van der Waals surface area contributed by atoms with Gasteiger partial charge in [0, 0.05) is 11.0 Å². The van der Waals surface area contributed by atoms with Gasteiger partial charge in [-0.1, -0.05) is 44.2 Å². The van der Waals surface area contributed by atoms with Crippen molar-refractivity contribution < 1.29 is 9.53 Å². The number of Topliss-reactive ketones (excluding diaryl/α,β-unsaturated/α-hetero) is 1. The number of ether oxygens (including phenoxy) is 1. The highest BCUT2D eigenvalue weighted by atomic mass is 16.5. The Morgan fingerprint density at radius 2 is 1.85 bits per heavy atom. The van der Waals surface area contributed by atoms with E-state index in [1.807, 2.05) is 62.4 Å². The monoisotopic (exact) mass is 266 g/mol. The zero-order valence-corrected chi connectivity index (χ0v) is 11.8. The van der Waals surface area contributed by atoms with Crippen molar-refractivity contribution in [1.29, 1.82) is 0 Å². The number of fused-ring (bicyclic) bond motifs is 1. The van der Waals surface area contributed by atoms with Crippen LogP contribution in [0, 0.1) is 5.41 Å². The molecule has 0 unspecified atom stereocenters. The molecule has 0 saturated heterocycles. The van der Waals surface area contributed by atoms with E-state index < -0.39 is 0 Å². The Labute approximate surface area is 119 Å². The molecule has 0 aliphatic heterocycles. The van der Waals surface area contributed by atoms with Crippen molar-refractivity contribution in [2.45, 2.75) is 26.9 Å². The molecule has 0 amide bonds. The van der Waals surface area contributed by atoms with Crippen molar-refractivity contribution in [3.8, 4) is 5.75 Å². The molecule has 2 aromatic carbocycles. The van der Waals surface area contributed by atoms with E-state index in [0.717, 1.165) is 28.9 Å². The molecule has 3 rings (SSSR count). The predicted octanol–water partition coefficient (Wildman–Crippen LogP) is 4.03. The minimum Gasteiger partial charge on any atom is -0.489 e. The van der Waals surface area contributed by atoms with Gasteiger partial charge in [-0.15, -0.1) is 0 Å². The van der Waals surface area contributed by atoms with Crippen molar-refractivity contribution in [3.63, 3.8) is 0 Å². The first-order valence-corrected chi connectivity index (χ1v) is 6.91. The van der Waals surface area contributed by atoms with Crippen molar-refractivity contribution in [3.05, 3.63) is 65.2 Å². The van der Waals surface area contributed by atoms with Gasteiger partial charge in [-0.05, 0) is 35.7 Å². The highest BCUT2D eigenvalue weighted by Gasteiger charge is 2.37. The first kappa shape index (κ1) is 12.9. The van der Waals surface area contributed by atoms with E-state index in [2.05, 4.69) is 0 Å². The normalized spacial score (nSPS) is 16.0. The molecular formula is C18H18O2. The zero-order chi connectivity index (χ0) is 14.2. The van der Waals surface area contributed by atoms with E-state index in [4.69, 9.17) is 4.74 Å². The summed E-state index contributed by atoms with van der Waals surface area (Å²) in [5.74, 6) is 1.07. The number of hydrogen-bond donors (Lipinski definition) is 0. The molecule has 2 heteroatoms.